The predicted octanol–water partition coefficient (Wildman–Crippen LogP) is 2.06. The molecule has 0 fully saturated rings. The second kappa shape index (κ2) is 1.97. The molecule has 0 amide bonds. The van der Waals surface area contributed by atoms with E-state index in [0.29, 0.717) is 0 Å². The normalized spacial score (nSPS) is 14.0. The lowest BCUT2D eigenvalue weighted by molar-refractivity contribution is 0.867. The molecule has 1 aromatic heterocycles. The minimum absolute atomic E-state index is 0.968. The van der Waals surface area contributed by atoms with Gasteiger partial charge in [-0.1, -0.05) is 18.2 Å². The zero-order valence-electron chi connectivity index (χ0n) is 6.57. The molecule has 0 saturated carbocycles. The lowest BCUT2D eigenvalue weighted by atomic mass is 10.3. The Kier molecular flexibility index (Phi) is 0.987. The van der Waals surface area contributed by atoms with Crippen molar-refractivity contribution < 1.29 is 0 Å². The molecule has 2 heterocycles. The van der Waals surface area contributed by atoms with E-state index in [9.17, 15) is 0 Å². The summed E-state index contributed by atoms with van der Waals surface area (Å²) < 4.78 is 2.22. The van der Waals surface area contributed by atoms with Gasteiger partial charge in [-0.05, 0) is 18.2 Å². The van der Waals surface area contributed by atoms with Gasteiger partial charge in [-0.2, -0.15) is 0 Å². The van der Waals surface area contributed by atoms with Crippen molar-refractivity contribution in [1.29, 1.82) is 0 Å². The van der Waals surface area contributed by atoms with Crippen molar-refractivity contribution in [3.63, 3.8) is 0 Å². The van der Waals surface area contributed by atoms with Crippen molar-refractivity contribution in [3.8, 4) is 0 Å². The van der Waals surface area contributed by atoms with E-state index in [1.165, 1.54) is 5.52 Å². The summed E-state index contributed by atoms with van der Waals surface area (Å²) in [6.07, 6.45) is 4.20. The first-order chi connectivity index (χ1) is 5.95. The van der Waals surface area contributed by atoms with Crippen molar-refractivity contribution in [2.75, 3.05) is 0 Å². The van der Waals surface area contributed by atoms with Gasteiger partial charge in [0.25, 0.3) is 0 Å². The number of nitrogens with zero attached hydrogens (tertiary/aromatic N) is 2. The van der Waals surface area contributed by atoms with Crippen LogP contribution in [0.3, 0.4) is 0 Å². The van der Waals surface area contributed by atoms with Crippen molar-refractivity contribution in [3.05, 3.63) is 36.2 Å². The largest absolute Gasteiger partial charge is 0.321 e. The SMILES string of the molecule is C1=Cc2nc3ccccc3n2C1. The third-order valence-electron chi connectivity index (χ3n) is 2.24. The van der Waals surface area contributed by atoms with Crippen molar-refractivity contribution >= 4 is 17.1 Å². The van der Waals surface area contributed by atoms with E-state index in [4.69, 9.17) is 0 Å². The molecule has 0 N–H and O–H groups in total. The Labute approximate surface area is 70.2 Å². The standard InChI is InChI=1S/C10H8N2/c1-2-5-9-8(4-1)11-10-6-3-7-12(9)10/h1-6H,7H2. The average Bonchev–Trinajstić information content (AvgIpc) is 2.62. The number of imidazole rings is 1. The Balaban J connectivity index is 2.49. The van der Waals surface area contributed by atoms with Gasteiger partial charge >= 0.3 is 0 Å². The highest BCUT2D eigenvalue weighted by Crippen LogP contribution is 2.20. The van der Waals surface area contributed by atoms with Gasteiger partial charge < -0.3 is 4.57 Å². The minimum atomic E-state index is 0.968. The van der Waals surface area contributed by atoms with Crippen LogP contribution < -0.4 is 0 Å². The first kappa shape index (κ1) is 6.00. The molecule has 1 aliphatic rings. The van der Waals surface area contributed by atoms with Crippen molar-refractivity contribution in [1.82, 2.24) is 9.55 Å². The van der Waals surface area contributed by atoms with Crippen LogP contribution in [0.2, 0.25) is 0 Å². The van der Waals surface area contributed by atoms with E-state index in [2.05, 4.69) is 39.9 Å². The lowest BCUT2D eigenvalue weighted by Crippen LogP contribution is -1.90. The zero-order valence-corrected chi connectivity index (χ0v) is 6.57. The summed E-state index contributed by atoms with van der Waals surface area (Å²) in [4.78, 5) is 4.47. The molecular formula is C10H8N2. The van der Waals surface area contributed by atoms with E-state index in [0.717, 1.165) is 17.9 Å². The van der Waals surface area contributed by atoms with Gasteiger partial charge in [-0.15, -0.1) is 0 Å². The molecule has 0 unspecified atom stereocenters. The molecule has 0 spiro atoms. The van der Waals surface area contributed by atoms with Crippen LogP contribution in [0.15, 0.2) is 30.3 Å². The summed E-state index contributed by atoms with van der Waals surface area (Å²) in [5.41, 5.74) is 2.33. The molecule has 0 saturated heterocycles. The first-order valence-electron chi connectivity index (χ1n) is 4.07. The smallest absolute Gasteiger partial charge is 0.133 e. The minimum Gasteiger partial charge on any atom is -0.321 e. The maximum absolute atomic E-state index is 4.47. The van der Waals surface area contributed by atoms with Gasteiger partial charge in [-0.3, -0.25) is 0 Å². The molecule has 0 radical (unpaired) electrons. The molecule has 1 aromatic carbocycles. The van der Waals surface area contributed by atoms with Crippen LogP contribution in [-0.2, 0) is 6.54 Å². The third kappa shape index (κ3) is 0.619. The molecule has 12 heavy (non-hydrogen) atoms. The molecule has 3 rings (SSSR count). The van der Waals surface area contributed by atoms with E-state index < -0.39 is 0 Å². The van der Waals surface area contributed by atoms with Crippen LogP contribution in [0.25, 0.3) is 17.1 Å². The Morgan fingerprint density at radius 2 is 2.17 bits per heavy atom. The number of hydrogen-bond acceptors (Lipinski definition) is 1. The van der Waals surface area contributed by atoms with Crippen LogP contribution >= 0.6 is 0 Å². The molecule has 2 heteroatoms. The summed E-state index contributed by atoms with van der Waals surface area (Å²) in [5.74, 6) is 1.08. The highest BCUT2D eigenvalue weighted by molar-refractivity contribution is 5.78. The predicted molar refractivity (Wildman–Crippen MR) is 48.8 cm³/mol. The fourth-order valence-corrected chi connectivity index (χ4v) is 1.68. The van der Waals surface area contributed by atoms with Crippen LogP contribution in [-0.4, -0.2) is 9.55 Å². The fourth-order valence-electron chi connectivity index (χ4n) is 1.68. The van der Waals surface area contributed by atoms with Crippen molar-refractivity contribution in [2.24, 2.45) is 0 Å². The first-order valence-corrected chi connectivity index (χ1v) is 4.07. The fraction of sp³-hybridized carbons (Fsp3) is 0.100. The van der Waals surface area contributed by atoms with Gasteiger partial charge in [0.1, 0.15) is 5.82 Å². The number of hydrogen-bond donors (Lipinski definition) is 0. The third-order valence-corrected chi connectivity index (χ3v) is 2.24. The zero-order chi connectivity index (χ0) is 7.97. The summed E-state index contributed by atoms with van der Waals surface area (Å²) in [7, 11) is 0. The van der Waals surface area contributed by atoms with Gasteiger partial charge in [0, 0.05) is 6.54 Å². The highest BCUT2D eigenvalue weighted by Gasteiger charge is 2.09. The Morgan fingerprint density at radius 3 is 3.17 bits per heavy atom. The van der Waals surface area contributed by atoms with Gasteiger partial charge in [0.05, 0.1) is 11.0 Å². The second-order valence-electron chi connectivity index (χ2n) is 2.97. The van der Waals surface area contributed by atoms with Crippen molar-refractivity contribution in [2.45, 2.75) is 6.54 Å². The molecule has 2 nitrogen and oxygen atoms in total. The molecule has 0 atom stereocenters. The number of allylic oxidation sites excluding steroid dienone is 1. The Bertz CT molecular complexity index is 466. The summed E-state index contributed by atoms with van der Waals surface area (Å²) in [6, 6.07) is 8.23. The maximum Gasteiger partial charge on any atom is 0.133 e. The van der Waals surface area contributed by atoms with E-state index in [-0.39, 0.29) is 0 Å². The van der Waals surface area contributed by atoms with E-state index >= 15 is 0 Å². The number of aromatic nitrogens is 2. The summed E-state index contributed by atoms with van der Waals surface area (Å²) in [5, 5.41) is 0. The molecule has 2 aromatic rings. The summed E-state index contributed by atoms with van der Waals surface area (Å²) >= 11 is 0. The summed E-state index contributed by atoms with van der Waals surface area (Å²) in [6.45, 7) is 0.968. The van der Waals surface area contributed by atoms with Gasteiger partial charge in [0.2, 0.25) is 0 Å². The van der Waals surface area contributed by atoms with Gasteiger partial charge in [0.15, 0.2) is 0 Å². The molecular weight excluding hydrogens is 148 g/mol. The molecule has 0 bridgehead atoms. The second-order valence-corrected chi connectivity index (χ2v) is 2.97. The Hall–Kier alpha value is -1.57. The highest BCUT2D eigenvalue weighted by atomic mass is 15.1. The molecule has 1 aliphatic heterocycles. The monoisotopic (exact) mass is 156 g/mol. The Morgan fingerprint density at radius 1 is 1.25 bits per heavy atom. The average molecular weight is 156 g/mol. The number of rotatable bonds is 0. The number of fused-ring (bicyclic) bond motifs is 3. The van der Waals surface area contributed by atoms with E-state index in [1.54, 1.807) is 0 Å². The van der Waals surface area contributed by atoms with Crippen LogP contribution in [0.4, 0.5) is 0 Å². The van der Waals surface area contributed by atoms with Gasteiger partial charge in [-0.25, -0.2) is 4.98 Å². The van der Waals surface area contributed by atoms with Crippen LogP contribution in [0.5, 0.6) is 0 Å². The maximum atomic E-state index is 4.47. The lowest BCUT2D eigenvalue weighted by Gasteiger charge is -1.95. The molecule has 0 aliphatic carbocycles. The number of para-hydroxylation sites is 2. The molecule has 58 valence electrons. The van der Waals surface area contributed by atoms with E-state index in [1.807, 2.05) is 6.07 Å². The topological polar surface area (TPSA) is 17.8 Å². The van der Waals surface area contributed by atoms with Crippen LogP contribution in [0.1, 0.15) is 5.82 Å². The van der Waals surface area contributed by atoms with Crippen LogP contribution in [0, 0.1) is 0 Å². The quantitative estimate of drug-likeness (QED) is 0.571. The number of benzene rings is 1.